The standard InChI is InChI=1S/C18H20N2O2/c21-17(12-16-9-11-22-19-16)20-13-15-8-4-5-10-18(15,20)14-6-2-1-3-7-14/h1-3,6-7,9,11,15H,4-5,8,10,12-13H2. The Hall–Kier alpha value is -2.10. The maximum Gasteiger partial charge on any atom is 0.229 e. The lowest BCUT2D eigenvalue weighted by Crippen LogP contribution is -2.67. The van der Waals surface area contributed by atoms with E-state index in [4.69, 9.17) is 4.52 Å². The number of rotatable bonds is 3. The molecule has 1 saturated heterocycles. The molecule has 1 aliphatic heterocycles. The first-order valence-corrected chi connectivity index (χ1v) is 8.06. The van der Waals surface area contributed by atoms with E-state index in [9.17, 15) is 4.79 Å². The predicted octanol–water partition coefficient (Wildman–Crippen LogP) is 3.15. The summed E-state index contributed by atoms with van der Waals surface area (Å²) in [5.41, 5.74) is 1.92. The lowest BCUT2D eigenvalue weighted by Gasteiger charge is -2.61. The number of benzene rings is 1. The quantitative estimate of drug-likeness (QED) is 0.874. The highest BCUT2D eigenvalue weighted by Gasteiger charge is 2.56. The zero-order valence-corrected chi connectivity index (χ0v) is 12.6. The van der Waals surface area contributed by atoms with E-state index in [-0.39, 0.29) is 11.4 Å². The molecule has 1 aliphatic carbocycles. The predicted molar refractivity (Wildman–Crippen MR) is 82.0 cm³/mol. The molecule has 2 atom stereocenters. The van der Waals surface area contributed by atoms with E-state index in [1.165, 1.54) is 31.1 Å². The largest absolute Gasteiger partial charge is 0.364 e. The molecule has 2 heterocycles. The van der Waals surface area contributed by atoms with Gasteiger partial charge in [0.25, 0.3) is 0 Å². The van der Waals surface area contributed by atoms with Crippen LogP contribution in [0, 0.1) is 5.92 Å². The highest BCUT2D eigenvalue weighted by molar-refractivity contribution is 5.80. The number of likely N-dealkylation sites (tertiary alicyclic amines) is 1. The molecule has 4 rings (SSSR count). The molecule has 4 nitrogen and oxygen atoms in total. The van der Waals surface area contributed by atoms with Crippen LogP contribution in [-0.2, 0) is 16.8 Å². The summed E-state index contributed by atoms with van der Waals surface area (Å²) in [4.78, 5) is 14.9. The zero-order valence-electron chi connectivity index (χ0n) is 12.6. The van der Waals surface area contributed by atoms with Crippen LogP contribution in [0.15, 0.2) is 47.2 Å². The van der Waals surface area contributed by atoms with Gasteiger partial charge in [-0.15, -0.1) is 0 Å². The van der Waals surface area contributed by atoms with Gasteiger partial charge in [-0.1, -0.05) is 48.3 Å². The maximum absolute atomic E-state index is 12.8. The van der Waals surface area contributed by atoms with Crippen LogP contribution in [-0.4, -0.2) is 22.5 Å². The maximum atomic E-state index is 12.8. The minimum Gasteiger partial charge on any atom is -0.364 e. The van der Waals surface area contributed by atoms with Gasteiger partial charge in [-0.2, -0.15) is 0 Å². The topological polar surface area (TPSA) is 46.3 Å². The van der Waals surface area contributed by atoms with Crippen molar-refractivity contribution in [3.05, 3.63) is 53.9 Å². The smallest absolute Gasteiger partial charge is 0.229 e. The first-order valence-electron chi connectivity index (χ1n) is 8.06. The van der Waals surface area contributed by atoms with Gasteiger partial charge in [0.2, 0.25) is 5.91 Å². The molecule has 2 fully saturated rings. The number of fused-ring (bicyclic) bond motifs is 1. The second kappa shape index (κ2) is 5.27. The van der Waals surface area contributed by atoms with Gasteiger partial charge in [-0.25, -0.2) is 0 Å². The van der Waals surface area contributed by atoms with E-state index in [1.54, 1.807) is 6.07 Å². The van der Waals surface area contributed by atoms with Crippen LogP contribution in [0.3, 0.4) is 0 Å². The SMILES string of the molecule is O=C(Cc1ccon1)N1CC2CCCCC21c1ccccc1. The number of hydrogen-bond acceptors (Lipinski definition) is 3. The highest BCUT2D eigenvalue weighted by Crippen LogP contribution is 2.53. The van der Waals surface area contributed by atoms with Crippen molar-refractivity contribution >= 4 is 5.91 Å². The van der Waals surface area contributed by atoms with Crippen molar-refractivity contribution < 1.29 is 9.32 Å². The molecule has 0 radical (unpaired) electrons. The van der Waals surface area contributed by atoms with Gasteiger partial charge in [0.05, 0.1) is 17.7 Å². The van der Waals surface area contributed by atoms with Crippen LogP contribution in [0.5, 0.6) is 0 Å². The fourth-order valence-electron chi connectivity index (χ4n) is 4.26. The Labute approximate surface area is 130 Å². The van der Waals surface area contributed by atoms with Crippen LogP contribution in [0.4, 0.5) is 0 Å². The Bertz CT molecular complexity index is 653. The van der Waals surface area contributed by atoms with Crippen molar-refractivity contribution in [3.8, 4) is 0 Å². The van der Waals surface area contributed by atoms with Crippen LogP contribution in [0.25, 0.3) is 0 Å². The minimum absolute atomic E-state index is 0.0830. The van der Waals surface area contributed by atoms with Gasteiger partial charge in [0.15, 0.2) is 0 Å². The monoisotopic (exact) mass is 296 g/mol. The molecule has 0 N–H and O–H groups in total. The molecule has 1 saturated carbocycles. The fourth-order valence-corrected chi connectivity index (χ4v) is 4.26. The van der Waals surface area contributed by atoms with Crippen molar-refractivity contribution in [1.29, 1.82) is 0 Å². The zero-order chi connectivity index (χ0) is 15.0. The first-order chi connectivity index (χ1) is 10.8. The number of nitrogens with zero attached hydrogens (tertiary/aromatic N) is 2. The van der Waals surface area contributed by atoms with E-state index in [1.807, 2.05) is 6.07 Å². The van der Waals surface area contributed by atoms with Crippen LogP contribution < -0.4 is 0 Å². The summed E-state index contributed by atoms with van der Waals surface area (Å²) in [6.07, 6.45) is 6.63. The average Bonchev–Trinajstić information content (AvgIpc) is 3.02. The van der Waals surface area contributed by atoms with E-state index in [0.717, 1.165) is 13.0 Å². The molecule has 2 aliphatic rings. The second-order valence-corrected chi connectivity index (χ2v) is 6.40. The summed E-state index contributed by atoms with van der Waals surface area (Å²) >= 11 is 0. The fraction of sp³-hybridized carbons (Fsp3) is 0.444. The van der Waals surface area contributed by atoms with Crippen molar-refractivity contribution in [1.82, 2.24) is 10.1 Å². The van der Waals surface area contributed by atoms with Gasteiger partial charge in [-0.05, 0) is 18.4 Å². The Kier molecular flexibility index (Phi) is 3.25. The van der Waals surface area contributed by atoms with E-state index in [2.05, 4.69) is 34.3 Å². The number of aromatic nitrogens is 1. The third-order valence-corrected chi connectivity index (χ3v) is 5.32. The molecule has 2 unspecified atom stereocenters. The Morgan fingerprint density at radius 3 is 2.86 bits per heavy atom. The van der Waals surface area contributed by atoms with Crippen molar-refractivity contribution in [2.75, 3.05) is 6.54 Å². The highest BCUT2D eigenvalue weighted by atomic mass is 16.5. The molecule has 0 bridgehead atoms. The molecular formula is C18H20N2O2. The van der Waals surface area contributed by atoms with Crippen LogP contribution in [0.2, 0.25) is 0 Å². The Morgan fingerprint density at radius 2 is 2.14 bits per heavy atom. The molecule has 0 spiro atoms. The summed E-state index contributed by atoms with van der Waals surface area (Å²) in [7, 11) is 0. The number of amides is 1. The van der Waals surface area contributed by atoms with Gasteiger partial charge < -0.3 is 9.42 Å². The molecule has 4 heteroatoms. The summed E-state index contributed by atoms with van der Waals surface area (Å²) in [6, 6.07) is 12.3. The van der Waals surface area contributed by atoms with Crippen molar-refractivity contribution in [2.24, 2.45) is 5.92 Å². The van der Waals surface area contributed by atoms with Gasteiger partial charge >= 0.3 is 0 Å². The lowest BCUT2D eigenvalue weighted by atomic mass is 9.61. The number of carbonyl (C=O) groups excluding carboxylic acids is 1. The molecule has 1 aromatic heterocycles. The molecule has 114 valence electrons. The molecule has 1 amide bonds. The van der Waals surface area contributed by atoms with Gasteiger partial charge in [0.1, 0.15) is 6.26 Å². The van der Waals surface area contributed by atoms with Crippen LogP contribution >= 0.6 is 0 Å². The second-order valence-electron chi connectivity index (χ2n) is 6.40. The summed E-state index contributed by atoms with van der Waals surface area (Å²) in [6.45, 7) is 0.881. The normalized spacial score (nSPS) is 27.1. The van der Waals surface area contributed by atoms with Gasteiger partial charge in [0, 0.05) is 18.5 Å². The number of carbonyl (C=O) groups is 1. The summed E-state index contributed by atoms with van der Waals surface area (Å²) < 4.78 is 4.84. The van der Waals surface area contributed by atoms with Gasteiger partial charge in [-0.3, -0.25) is 4.79 Å². The average molecular weight is 296 g/mol. The molecular weight excluding hydrogens is 276 g/mol. The Morgan fingerprint density at radius 1 is 1.27 bits per heavy atom. The third kappa shape index (κ3) is 1.97. The van der Waals surface area contributed by atoms with Crippen molar-refractivity contribution in [3.63, 3.8) is 0 Å². The third-order valence-electron chi connectivity index (χ3n) is 5.32. The minimum atomic E-state index is -0.0830. The number of hydrogen-bond donors (Lipinski definition) is 0. The molecule has 22 heavy (non-hydrogen) atoms. The Balaban J connectivity index is 1.63. The van der Waals surface area contributed by atoms with E-state index >= 15 is 0 Å². The summed E-state index contributed by atoms with van der Waals surface area (Å²) in [5.74, 6) is 0.765. The molecule has 2 aromatic rings. The molecule has 1 aromatic carbocycles. The van der Waals surface area contributed by atoms with Crippen molar-refractivity contribution in [2.45, 2.75) is 37.6 Å². The van der Waals surface area contributed by atoms with E-state index in [0.29, 0.717) is 18.0 Å². The van der Waals surface area contributed by atoms with E-state index < -0.39 is 0 Å². The lowest BCUT2D eigenvalue weighted by molar-refractivity contribution is -0.166. The summed E-state index contributed by atoms with van der Waals surface area (Å²) in [5, 5.41) is 3.87. The van der Waals surface area contributed by atoms with Crippen LogP contribution in [0.1, 0.15) is 36.9 Å². The first kappa shape index (κ1) is 13.6.